The molecule has 0 saturated carbocycles. The minimum absolute atomic E-state index is 0.236. The van der Waals surface area contributed by atoms with E-state index in [0.717, 1.165) is 0 Å². The summed E-state index contributed by atoms with van der Waals surface area (Å²) in [6, 6.07) is 2.37. The second kappa shape index (κ2) is 7.12. The van der Waals surface area contributed by atoms with E-state index in [0.29, 0.717) is 34.6 Å². The van der Waals surface area contributed by atoms with E-state index < -0.39 is 0 Å². The molecule has 1 aromatic rings. The summed E-state index contributed by atoms with van der Waals surface area (Å²) in [6.07, 6.45) is 0. The van der Waals surface area contributed by atoms with E-state index in [2.05, 4.69) is 28.5 Å². The van der Waals surface area contributed by atoms with Crippen molar-refractivity contribution in [1.82, 2.24) is 10.2 Å². The Hall–Kier alpha value is -1.78. The number of anilines is 2. The van der Waals surface area contributed by atoms with Crippen LogP contribution in [0.4, 0.5) is 10.7 Å². The Morgan fingerprint density at radius 2 is 2.20 bits per heavy atom. The topological polar surface area (TPSA) is 94.2 Å². The molecule has 0 aliphatic carbocycles. The van der Waals surface area contributed by atoms with Gasteiger partial charge in [-0.1, -0.05) is 0 Å². The number of nitrogens with zero attached hydrogens (tertiary/aromatic N) is 2. The van der Waals surface area contributed by atoms with Gasteiger partial charge in [0, 0.05) is 19.1 Å². The molecule has 0 aliphatic rings. The highest BCUT2D eigenvalue weighted by molar-refractivity contribution is 7.18. The zero-order valence-electron chi connectivity index (χ0n) is 12.3. The molecule has 7 heteroatoms. The van der Waals surface area contributed by atoms with Crippen LogP contribution in [-0.4, -0.2) is 44.0 Å². The molecule has 0 bridgehead atoms. The third kappa shape index (κ3) is 3.62. The molecule has 1 rings (SSSR count). The maximum Gasteiger partial charge on any atom is 0.263 e. The first-order valence-corrected chi connectivity index (χ1v) is 7.24. The van der Waals surface area contributed by atoms with Gasteiger partial charge >= 0.3 is 0 Å². The molecule has 1 heterocycles. The normalized spacial score (nSPS) is 12.0. The van der Waals surface area contributed by atoms with E-state index in [1.165, 1.54) is 11.3 Å². The number of carbonyl (C=O) groups excluding carboxylic acids is 1. The highest BCUT2D eigenvalue weighted by Gasteiger charge is 2.21. The fourth-order valence-electron chi connectivity index (χ4n) is 1.51. The monoisotopic (exact) mass is 295 g/mol. The molecule has 0 spiro atoms. The van der Waals surface area contributed by atoms with Crippen molar-refractivity contribution in [2.45, 2.75) is 19.9 Å². The van der Waals surface area contributed by atoms with Crippen LogP contribution in [0.5, 0.6) is 0 Å². The van der Waals surface area contributed by atoms with E-state index in [1.807, 2.05) is 21.0 Å². The lowest BCUT2D eigenvalue weighted by atomic mass is 10.2. The second-order valence-corrected chi connectivity index (χ2v) is 5.73. The Kier molecular flexibility index (Phi) is 5.80. The van der Waals surface area contributed by atoms with Crippen molar-refractivity contribution >= 4 is 27.9 Å². The minimum atomic E-state index is -0.236. The molecule has 0 fully saturated rings. The van der Waals surface area contributed by atoms with Crippen LogP contribution in [0.25, 0.3) is 0 Å². The zero-order valence-corrected chi connectivity index (χ0v) is 13.1. The number of nitrogens with one attached hydrogen (secondary N) is 2. The van der Waals surface area contributed by atoms with Crippen LogP contribution in [0.3, 0.4) is 0 Å². The lowest BCUT2D eigenvalue weighted by Crippen LogP contribution is -2.31. The molecule has 4 N–H and O–H groups in total. The molecule has 0 aliphatic heterocycles. The van der Waals surface area contributed by atoms with E-state index in [1.54, 1.807) is 0 Å². The minimum Gasteiger partial charge on any atom is -0.396 e. The zero-order chi connectivity index (χ0) is 15.3. The third-order valence-corrected chi connectivity index (χ3v) is 4.20. The summed E-state index contributed by atoms with van der Waals surface area (Å²) in [7, 11) is 3.97. The molecule has 20 heavy (non-hydrogen) atoms. The number of rotatable bonds is 6. The van der Waals surface area contributed by atoms with Crippen molar-refractivity contribution in [3.63, 3.8) is 0 Å². The standard InChI is InChI=1S/C13H21N5OS/c1-5-16-12(19)11-10(15)9(6-14)13(20-11)17-7-8(2)18(3)4/h8,17H,5,7,15H2,1-4H3,(H,16,19). The number of hydrogen-bond acceptors (Lipinski definition) is 6. The number of carbonyl (C=O) groups is 1. The average molecular weight is 295 g/mol. The number of likely N-dealkylation sites (N-methyl/N-ethyl adjacent to an activating group) is 1. The maximum absolute atomic E-state index is 11.9. The Morgan fingerprint density at radius 1 is 1.55 bits per heavy atom. The van der Waals surface area contributed by atoms with Crippen LogP contribution >= 0.6 is 11.3 Å². The smallest absolute Gasteiger partial charge is 0.263 e. The number of thiophene rings is 1. The van der Waals surface area contributed by atoms with Crippen LogP contribution in [0.15, 0.2) is 0 Å². The van der Waals surface area contributed by atoms with Crippen LogP contribution < -0.4 is 16.4 Å². The predicted octanol–water partition coefficient (Wildman–Crippen LogP) is 1.31. The van der Waals surface area contributed by atoms with E-state index in [9.17, 15) is 10.1 Å². The van der Waals surface area contributed by atoms with Gasteiger partial charge in [0.25, 0.3) is 5.91 Å². The quantitative estimate of drug-likeness (QED) is 0.735. The Labute approximate surface area is 123 Å². The summed E-state index contributed by atoms with van der Waals surface area (Å²) in [5.41, 5.74) is 6.49. The number of nitrogen functional groups attached to an aromatic ring is 1. The van der Waals surface area contributed by atoms with Gasteiger partial charge in [0.05, 0.1) is 5.69 Å². The molecule has 1 aromatic heterocycles. The summed E-state index contributed by atoms with van der Waals surface area (Å²) in [5, 5.41) is 15.7. The van der Waals surface area contributed by atoms with Crippen LogP contribution in [0, 0.1) is 11.3 Å². The Balaban J connectivity index is 2.95. The summed E-state index contributed by atoms with van der Waals surface area (Å²) in [6.45, 7) is 5.11. The first-order valence-electron chi connectivity index (χ1n) is 6.43. The molecule has 0 aromatic carbocycles. The number of hydrogen-bond donors (Lipinski definition) is 3. The van der Waals surface area contributed by atoms with Crippen molar-refractivity contribution in [3.8, 4) is 6.07 Å². The predicted molar refractivity (Wildman–Crippen MR) is 83.1 cm³/mol. The number of nitriles is 1. The molecule has 6 nitrogen and oxygen atoms in total. The first kappa shape index (κ1) is 16.3. The molecule has 0 radical (unpaired) electrons. The van der Waals surface area contributed by atoms with Gasteiger partial charge in [0.2, 0.25) is 0 Å². The lowest BCUT2D eigenvalue weighted by Gasteiger charge is -2.20. The molecule has 1 atom stereocenters. The molecule has 1 amide bonds. The van der Waals surface area contributed by atoms with Crippen molar-refractivity contribution in [2.24, 2.45) is 0 Å². The highest BCUT2D eigenvalue weighted by Crippen LogP contribution is 2.35. The second-order valence-electron chi connectivity index (χ2n) is 4.71. The first-order chi connectivity index (χ1) is 9.42. The Morgan fingerprint density at radius 3 is 2.70 bits per heavy atom. The highest BCUT2D eigenvalue weighted by atomic mass is 32.1. The van der Waals surface area contributed by atoms with Crippen LogP contribution in [-0.2, 0) is 0 Å². The lowest BCUT2D eigenvalue weighted by molar-refractivity contribution is 0.0960. The van der Waals surface area contributed by atoms with Gasteiger partial charge in [-0.3, -0.25) is 4.79 Å². The Bertz CT molecular complexity index is 518. The maximum atomic E-state index is 11.9. The summed E-state index contributed by atoms with van der Waals surface area (Å²) in [4.78, 5) is 14.3. The van der Waals surface area contributed by atoms with Gasteiger partial charge in [-0.05, 0) is 27.9 Å². The molecular formula is C13H21N5OS. The van der Waals surface area contributed by atoms with Crippen LogP contribution in [0.2, 0.25) is 0 Å². The van der Waals surface area contributed by atoms with Gasteiger partial charge < -0.3 is 21.3 Å². The van der Waals surface area contributed by atoms with Crippen LogP contribution in [0.1, 0.15) is 29.1 Å². The SMILES string of the molecule is CCNC(=O)c1sc(NCC(C)N(C)C)c(C#N)c1N. The van der Waals surface area contributed by atoms with Crippen molar-refractivity contribution in [1.29, 1.82) is 5.26 Å². The van der Waals surface area contributed by atoms with Crippen molar-refractivity contribution < 1.29 is 4.79 Å². The third-order valence-electron chi connectivity index (χ3n) is 3.04. The van der Waals surface area contributed by atoms with Gasteiger partial charge in [-0.25, -0.2) is 0 Å². The van der Waals surface area contributed by atoms with Crippen molar-refractivity contribution in [3.05, 3.63) is 10.4 Å². The van der Waals surface area contributed by atoms with Gasteiger partial charge in [-0.2, -0.15) is 5.26 Å². The molecular weight excluding hydrogens is 274 g/mol. The fraction of sp³-hybridized carbons (Fsp3) is 0.538. The molecule has 0 saturated heterocycles. The average Bonchev–Trinajstić information content (AvgIpc) is 2.72. The summed E-state index contributed by atoms with van der Waals surface area (Å²) < 4.78 is 0. The van der Waals surface area contributed by atoms with Gasteiger partial charge in [0.15, 0.2) is 0 Å². The van der Waals surface area contributed by atoms with E-state index in [-0.39, 0.29) is 11.6 Å². The summed E-state index contributed by atoms with van der Waals surface area (Å²) in [5.74, 6) is -0.236. The largest absolute Gasteiger partial charge is 0.396 e. The number of nitrogens with two attached hydrogens (primary N) is 1. The van der Waals surface area contributed by atoms with E-state index >= 15 is 0 Å². The summed E-state index contributed by atoms with van der Waals surface area (Å²) >= 11 is 1.22. The molecule has 110 valence electrons. The van der Waals surface area contributed by atoms with Crippen molar-refractivity contribution in [2.75, 3.05) is 38.2 Å². The van der Waals surface area contributed by atoms with Gasteiger partial charge in [-0.15, -0.1) is 11.3 Å². The van der Waals surface area contributed by atoms with Gasteiger partial charge in [0.1, 0.15) is 21.5 Å². The van der Waals surface area contributed by atoms with E-state index in [4.69, 9.17) is 5.73 Å². The molecule has 1 unspecified atom stereocenters. The number of amides is 1. The fourth-order valence-corrected chi connectivity index (χ4v) is 2.51.